The molecule has 0 bridgehead atoms. The molecule has 0 aliphatic carbocycles. The van der Waals surface area contributed by atoms with Crippen molar-refractivity contribution in [3.05, 3.63) is 54.6 Å². The molecular formula is C17H20N2O2. The van der Waals surface area contributed by atoms with Crippen molar-refractivity contribution in [2.75, 3.05) is 5.32 Å². The molecule has 110 valence electrons. The van der Waals surface area contributed by atoms with Crippen molar-refractivity contribution >= 4 is 11.7 Å². The Morgan fingerprint density at radius 2 is 1.57 bits per heavy atom. The fourth-order valence-corrected chi connectivity index (χ4v) is 1.77. The van der Waals surface area contributed by atoms with Crippen molar-refractivity contribution in [3.8, 4) is 11.5 Å². The number of rotatable bonds is 3. The summed E-state index contributed by atoms with van der Waals surface area (Å²) < 4.78 is 5.80. The van der Waals surface area contributed by atoms with Crippen LogP contribution in [0.15, 0.2) is 54.6 Å². The van der Waals surface area contributed by atoms with Crippen LogP contribution in [0.25, 0.3) is 0 Å². The summed E-state index contributed by atoms with van der Waals surface area (Å²) >= 11 is 0. The molecule has 21 heavy (non-hydrogen) atoms. The van der Waals surface area contributed by atoms with Crippen molar-refractivity contribution in [2.45, 2.75) is 26.3 Å². The summed E-state index contributed by atoms with van der Waals surface area (Å²) in [5, 5.41) is 5.67. The first-order valence-corrected chi connectivity index (χ1v) is 6.85. The van der Waals surface area contributed by atoms with Gasteiger partial charge in [0.15, 0.2) is 5.75 Å². The molecule has 2 rings (SSSR count). The van der Waals surface area contributed by atoms with Crippen LogP contribution in [0.3, 0.4) is 0 Å². The van der Waals surface area contributed by atoms with E-state index in [9.17, 15) is 4.79 Å². The number of ether oxygens (including phenoxy) is 1. The van der Waals surface area contributed by atoms with Crippen molar-refractivity contribution < 1.29 is 9.53 Å². The first-order valence-electron chi connectivity index (χ1n) is 6.85. The average molecular weight is 284 g/mol. The van der Waals surface area contributed by atoms with Crippen LogP contribution >= 0.6 is 0 Å². The third-order valence-corrected chi connectivity index (χ3v) is 2.59. The topological polar surface area (TPSA) is 50.4 Å². The summed E-state index contributed by atoms with van der Waals surface area (Å²) in [6.45, 7) is 5.79. The number of nitrogens with one attached hydrogen (secondary N) is 2. The third-order valence-electron chi connectivity index (χ3n) is 2.59. The SMILES string of the molecule is CC(C)(C)NC(=O)Nc1ccccc1Oc1ccccc1. The van der Waals surface area contributed by atoms with E-state index < -0.39 is 0 Å². The van der Waals surface area contributed by atoms with Crippen LogP contribution < -0.4 is 15.4 Å². The fourth-order valence-electron chi connectivity index (χ4n) is 1.77. The summed E-state index contributed by atoms with van der Waals surface area (Å²) in [6.07, 6.45) is 0. The summed E-state index contributed by atoms with van der Waals surface area (Å²) in [6, 6.07) is 16.5. The molecule has 4 nitrogen and oxygen atoms in total. The zero-order valence-corrected chi connectivity index (χ0v) is 12.5. The van der Waals surface area contributed by atoms with Crippen LogP contribution in [0.2, 0.25) is 0 Å². The molecule has 2 amide bonds. The third kappa shape index (κ3) is 4.84. The lowest BCUT2D eigenvalue weighted by Crippen LogP contribution is -2.43. The second-order valence-corrected chi connectivity index (χ2v) is 5.74. The largest absolute Gasteiger partial charge is 0.455 e. The first kappa shape index (κ1) is 14.9. The van der Waals surface area contributed by atoms with E-state index in [2.05, 4.69) is 10.6 Å². The van der Waals surface area contributed by atoms with Crippen molar-refractivity contribution in [1.82, 2.24) is 5.32 Å². The number of benzene rings is 2. The van der Waals surface area contributed by atoms with E-state index in [0.717, 1.165) is 5.75 Å². The molecule has 0 aliphatic heterocycles. The number of anilines is 1. The van der Waals surface area contributed by atoms with Gasteiger partial charge in [0, 0.05) is 5.54 Å². The Morgan fingerprint density at radius 3 is 2.24 bits per heavy atom. The second kappa shape index (κ2) is 6.31. The van der Waals surface area contributed by atoms with Crippen LogP contribution in [0.4, 0.5) is 10.5 Å². The molecule has 0 fully saturated rings. The summed E-state index contributed by atoms with van der Waals surface area (Å²) in [7, 11) is 0. The standard InChI is InChI=1S/C17H20N2O2/c1-17(2,3)19-16(20)18-14-11-7-8-12-15(14)21-13-9-5-4-6-10-13/h4-12H,1-3H3,(H2,18,19,20). The number of carbonyl (C=O) groups excluding carboxylic acids is 1. The molecule has 2 aromatic rings. The number of hydrogen-bond acceptors (Lipinski definition) is 2. The quantitative estimate of drug-likeness (QED) is 0.877. The van der Waals surface area contributed by atoms with Crippen LogP contribution in [0.1, 0.15) is 20.8 Å². The Kier molecular flexibility index (Phi) is 4.48. The number of amides is 2. The molecule has 2 N–H and O–H groups in total. The van der Waals surface area contributed by atoms with E-state index in [-0.39, 0.29) is 11.6 Å². The molecule has 0 saturated carbocycles. The minimum Gasteiger partial charge on any atom is -0.455 e. The van der Waals surface area contributed by atoms with Gasteiger partial charge in [0.2, 0.25) is 0 Å². The molecule has 0 saturated heterocycles. The first-order chi connectivity index (χ1) is 9.94. The van der Waals surface area contributed by atoms with Crippen molar-refractivity contribution in [3.63, 3.8) is 0 Å². The maximum Gasteiger partial charge on any atom is 0.319 e. The van der Waals surface area contributed by atoms with Gasteiger partial charge in [-0.1, -0.05) is 30.3 Å². The van der Waals surface area contributed by atoms with Gasteiger partial charge in [-0.25, -0.2) is 4.79 Å². The maximum atomic E-state index is 12.0. The molecule has 2 aromatic carbocycles. The number of carbonyl (C=O) groups is 1. The van der Waals surface area contributed by atoms with E-state index in [1.807, 2.05) is 69.3 Å². The van der Waals surface area contributed by atoms with E-state index in [1.54, 1.807) is 6.07 Å². The minimum atomic E-state index is -0.292. The highest BCUT2D eigenvalue weighted by Crippen LogP contribution is 2.29. The van der Waals surface area contributed by atoms with Crippen molar-refractivity contribution in [1.29, 1.82) is 0 Å². The molecule has 0 aromatic heterocycles. The normalized spacial score (nSPS) is 10.8. The molecule has 0 unspecified atom stereocenters. The van der Waals surface area contributed by atoms with Gasteiger partial charge in [-0.05, 0) is 45.0 Å². The molecular weight excluding hydrogens is 264 g/mol. The highest BCUT2D eigenvalue weighted by Gasteiger charge is 2.15. The van der Waals surface area contributed by atoms with Crippen LogP contribution in [-0.2, 0) is 0 Å². The lowest BCUT2D eigenvalue weighted by molar-refractivity contribution is 0.243. The zero-order chi connectivity index (χ0) is 15.3. The Bertz CT molecular complexity index is 604. The van der Waals surface area contributed by atoms with Gasteiger partial charge in [-0.15, -0.1) is 0 Å². The van der Waals surface area contributed by atoms with Crippen molar-refractivity contribution in [2.24, 2.45) is 0 Å². The van der Waals surface area contributed by atoms with Gasteiger partial charge < -0.3 is 15.4 Å². The zero-order valence-electron chi connectivity index (χ0n) is 12.5. The molecule has 0 radical (unpaired) electrons. The maximum absolute atomic E-state index is 12.0. The van der Waals surface area contributed by atoms with E-state index in [1.165, 1.54) is 0 Å². The molecule has 0 aliphatic rings. The van der Waals surface area contributed by atoms with Crippen LogP contribution in [0.5, 0.6) is 11.5 Å². The van der Waals surface area contributed by atoms with E-state index >= 15 is 0 Å². The molecule has 4 heteroatoms. The highest BCUT2D eigenvalue weighted by atomic mass is 16.5. The monoisotopic (exact) mass is 284 g/mol. The molecule has 0 heterocycles. The molecule has 0 atom stereocenters. The predicted molar refractivity (Wildman–Crippen MR) is 84.9 cm³/mol. The average Bonchev–Trinajstić information content (AvgIpc) is 2.40. The lowest BCUT2D eigenvalue weighted by Gasteiger charge is -2.21. The Morgan fingerprint density at radius 1 is 0.952 bits per heavy atom. The Balaban J connectivity index is 2.12. The number of para-hydroxylation sites is 3. The summed E-state index contributed by atoms with van der Waals surface area (Å²) in [4.78, 5) is 12.0. The number of hydrogen-bond donors (Lipinski definition) is 2. The second-order valence-electron chi connectivity index (χ2n) is 5.74. The van der Waals surface area contributed by atoms with Crippen LogP contribution in [-0.4, -0.2) is 11.6 Å². The Hall–Kier alpha value is -2.49. The predicted octanol–water partition coefficient (Wildman–Crippen LogP) is 4.40. The fraction of sp³-hybridized carbons (Fsp3) is 0.235. The van der Waals surface area contributed by atoms with E-state index in [0.29, 0.717) is 11.4 Å². The highest BCUT2D eigenvalue weighted by molar-refractivity contribution is 5.91. The smallest absolute Gasteiger partial charge is 0.319 e. The van der Waals surface area contributed by atoms with Crippen LogP contribution in [0, 0.1) is 0 Å². The Labute approximate surface area is 125 Å². The van der Waals surface area contributed by atoms with Gasteiger partial charge in [0.1, 0.15) is 5.75 Å². The van der Waals surface area contributed by atoms with Gasteiger partial charge in [-0.2, -0.15) is 0 Å². The number of urea groups is 1. The van der Waals surface area contributed by atoms with Gasteiger partial charge in [0.25, 0.3) is 0 Å². The summed E-state index contributed by atoms with van der Waals surface area (Å²) in [5.41, 5.74) is 0.336. The minimum absolute atomic E-state index is 0.258. The molecule has 0 spiro atoms. The van der Waals surface area contributed by atoms with E-state index in [4.69, 9.17) is 4.74 Å². The lowest BCUT2D eigenvalue weighted by atomic mass is 10.1. The van der Waals surface area contributed by atoms with Gasteiger partial charge >= 0.3 is 6.03 Å². The summed E-state index contributed by atoms with van der Waals surface area (Å²) in [5.74, 6) is 1.33. The van der Waals surface area contributed by atoms with Gasteiger partial charge in [0.05, 0.1) is 5.69 Å². The van der Waals surface area contributed by atoms with Gasteiger partial charge in [-0.3, -0.25) is 0 Å².